The van der Waals surface area contributed by atoms with E-state index in [0.29, 0.717) is 12.4 Å². The normalized spacial score (nSPS) is 14.2. The lowest BCUT2D eigenvalue weighted by Gasteiger charge is -2.38. The summed E-state index contributed by atoms with van der Waals surface area (Å²) >= 11 is 1.56. The highest BCUT2D eigenvalue weighted by molar-refractivity contribution is 7.14. The van der Waals surface area contributed by atoms with E-state index in [9.17, 15) is 4.79 Å². The third-order valence-electron chi connectivity index (χ3n) is 5.80. The van der Waals surface area contributed by atoms with E-state index >= 15 is 0 Å². The lowest BCUT2D eigenvalue weighted by molar-refractivity contribution is 0.0150. The molecule has 1 aromatic carbocycles. The fourth-order valence-corrected chi connectivity index (χ4v) is 5.09. The average molecular weight is 460 g/mol. The van der Waals surface area contributed by atoms with Crippen LogP contribution in [0.15, 0.2) is 61.1 Å². The number of aryl methyl sites for hydroxylation is 1. The van der Waals surface area contributed by atoms with E-state index in [-0.39, 0.29) is 12.0 Å². The number of ether oxygens (including phenoxy) is 1. The van der Waals surface area contributed by atoms with Gasteiger partial charge in [0.1, 0.15) is 17.7 Å². The first-order valence-electron chi connectivity index (χ1n) is 10.8. The fraction of sp³-hybridized carbons (Fsp3) is 0.240. The largest absolute Gasteiger partial charge is 0.488 e. The molecular formula is C25H25N5O2S. The van der Waals surface area contributed by atoms with Crippen molar-refractivity contribution in [3.05, 3.63) is 81.9 Å². The van der Waals surface area contributed by atoms with Crippen molar-refractivity contribution >= 4 is 33.8 Å². The van der Waals surface area contributed by atoms with Crippen molar-refractivity contribution in [2.45, 2.75) is 26.1 Å². The van der Waals surface area contributed by atoms with Crippen molar-refractivity contribution in [1.29, 1.82) is 0 Å². The maximum Gasteiger partial charge on any atom is 0.261 e. The van der Waals surface area contributed by atoms with Crippen LogP contribution in [0.1, 0.15) is 25.7 Å². The first kappa shape index (κ1) is 21.4. The Labute approximate surface area is 196 Å². The number of carbonyl (C=O) groups excluding carboxylic acids is 1. The molecule has 1 aliphatic heterocycles. The van der Waals surface area contributed by atoms with E-state index in [0.717, 1.165) is 52.2 Å². The molecule has 0 unspecified atom stereocenters. The number of nitrogen functional groups attached to an aromatic ring is 1. The maximum atomic E-state index is 12.8. The van der Waals surface area contributed by atoms with Gasteiger partial charge in [0, 0.05) is 55.0 Å². The molecule has 3 aromatic heterocycles. The van der Waals surface area contributed by atoms with Crippen molar-refractivity contribution in [2.24, 2.45) is 0 Å². The van der Waals surface area contributed by atoms with E-state index < -0.39 is 0 Å². The number of fused-ring (bicyclic) bond motifs is 1. The molecule has 1 saturated heterocycles. The van der Waals surface area contributed by atoms with Gasteiger partial charge in [-0.3, -0.25) is 14.7 Å². The van der Waals surface area contributed by atoms with Gasteiger partial charge >= 0.3 is 0 Å². The Morgan fingerprint density at radius 2 is 2.00 bits per heavy atom. The summed E-state index contributed by atoms with van der Waals surface area (Å²) in [4.78, 5) is 25.2. The molecule has 0 spiro atoms. The molecule has 4 aromatic rings. The Morgan fingerprint density at radius 1 is 1.18 bits per heavy atom. The van der Waals surface area contributed by atoms with Crippen LogP contribution in [0.2, 0.25) is 0 Å². The summed E-state index contributed by atoms with van der Waals surface area (Å²) in [6, 6.07) is 13.6. The molecule has 1 amide bonds. The molecule has 1 fully saturated rings. The number of nitrogens with two attached hydrogens (primary N) is 1. The Hall–Kier alpha value is -3.49. The summed E-state index contributed by atoms with van der Waals surface area (Å²) in [7, 11) is 0. The van der Waals surface area contributed by atoms with Gasteiger partial charge in [0.15, 0.2) is 0 Å². The Morgan fingerprint density at radius 3 is 2.82 bits per heavy atom. The lowest BCUT2D eigenvalue weighted by Crippen LogP contribution is -2.53. The average Bonchev–Trinajstić information content (AvgIpc) is 3.17. The van der Waals surface area contributed by atoms with Gasteiger partial charge in [0.25, 0.3) is 5.91 Å². The summed E-state index contributed by atoms with van der Waals surface area (Å²) in [5.74, 6) is 1.32. The minimum absolute atomic E-state index is 0.0498. The van der Waals surface area contributed by atoms with E-state index in [2.05, 4.69) is 27.1 Å². The number of carbonyl (C=O) groups is 1. The highest BCUT2D eigenvalue weighted by atomic mass is 32.1. The Bertz CT molecular complexity index is 1280. The zero-order valence-electron chi connectivity index (χ0n) is 18.3. The number of thiophene rings is 1. The number of rotatable bonds is 7. The first-order chi connectivity index (χ1) is 16.0. The summed E-state index contributed by atoms with van der Waals surface area (Å²) in [6.07, 6.45) is 5.37. The Balaban J connectivity index is 1.15. The molecule has 1 aliphatic rings. The van der Waals surface area contributed by atoms with Crippen molar-refractivity contribution in [1.82, 2.24) is 20.2 Å². The van der Waals surface area contributed by atoms with Crippen LogP contribution >= 0.6 is 11.3 Å². The highest BCUT2D eigenvalue weighted by Crippen LogP contribution is 2.27. The lowest BCUT2D eigenvalue weighted by atomic mass is 10.1. The molecule has 8 heteroatoms. The van der Waals surface area contributed by atoms with E-state index in [1.165, 1.54) is 4.88 Å². The summed E-state index contributed by atoms with van der Waals surface area (Å²) in [6.45, 7) is 5.12. The van der Waals surface area contributed by atoms with E-state index in [4.69, 9.17) is 10.5 Å². The second-order valence-corrected chi connectivity index (χ2v) is 9.40. The standard InChI is InChI=1S/C25H25N5O2S/c1-16-10-22(25(31)29-12-17-2-3-21-18(11-17)4-9-28-24(21)26)33-23(16)15-30-13-20(14-30)32-19-5-7-27-8-6-19/h2-11,20H,12-15H2,1H3,(H2,26,28)(H,29,31). The topological polar surface area (TPSA) is 93.4 Å². The molecule has 0 saturated carbocycles. The van der Waals surface area contributed by atoms with E-state index in [1.54, 1.807) is 29.9 Å². The van der Waals surface area contributed by atoms with Gasteiger partial charge in [-0.15, -0.1) is 11.3 Å². The van der Waals surface area contributed by atoms with Gasteiger partial charge in [-0.1, -0.05) is 12.1 Å². The molecule has 5 rings (SSSR count). The van der Waals surface area contributed by atoms with Gasteiger partial charge in [-0.05, 0) is 53.8 Å². The van der Waals surface area contributed by atoms with Crippen LogP contribution in [-0.4, -0.2) is 40.0 Å². The summed E-state index contributed by atoms with van der Waals surface area (Å²) < 4.78 is 5.95. The number of hydrogen-bond acceptors (Lipinski definition) is 7. The highest BCUT2D eigenvalue weighted by Gasteiger charge is 2.29. The van der Waals surface area contributed by atoms with Crippen LogP contribution < -0.4 is 15.8 Å². The maximum absolute atomic E-state index is 12.8. The van der Waals surface area contributed by atoms with Crippen LogP contribution in [0.4, 0.5) is 5.82 Å². The Kier molecular flexibility index (Phi) is 5.93. The first-order valence-corrected chi connectivity index (χ1v) is 11.7. The summed E-state index contributed by atoms with van der Waals surface area (Å²) in [5, 5.41) is 4.98. The van der Waals surface area contributed by atoms with E-state index in [1.807, 2.05) is 42.5 Å². The molecule has 168 valence electrons. The molecule has 0 bridgehead atoms. The molecule has 0 radical (unpaired) electrons. The monoisotopic (exact) mass is 459 g/mol. The molecule has 7 nitrogen and oxygen atoms in total. The molecule has 0 aliphatic carbocycles. The number of pyridine rings is 2. The minimum atomic E-state index is -0.0498. The number of nitrogens with zero attached hydrogens (tertiary/aromatic N) is 3. The van der Waals surface area contributed by atoms with Gasteiger partial charge in [-0.2, -0.15) is 0 Å². The zero-order chi connectivity index (χ0) is 22.8. The van der Waals surface area contributed by atoms with Crippen LogP contribution in [-0.2, 0) is 13.1 Å². The number of aromatic nitrogens is 2. The third-order valence-corrected chi connectivity index (χ3v) is 7.02. The second kappa shape index (κ2) is 9.17. The van der Waals surface area contributed by atoms with Gasteiger partial charge in [0.2, 0.25) is 0 Å². The fourth-order valence-electron chi connectivity index (χ4n) is 3.96. The molecule has 33 heavy (non-hydrogen) atoms. The second-order valence-electron chi connectivity index (χ2n) is 8.27. The smallest absolute Gasteiger partial charge is 0.261 e. The van der Waals surface area contributed by atoms with Crippen molar-refractivity contribution in [3.8, 4) is 5.75 Å². The number of benzene rings is 1. The van der Waals surface area contributed by atoms with Crippen LogP contribution in [0.5, 0.6) is 5.75 Å². The number of nitrogens with one attached hydrogen (secondary N) is 1. The quantitative estimate of drug-likeness (QED) is 0.437. The van der Waals surface area contributed by atoms with Crippen molar-refractivity contribution < 1.29 is 9.53 Å². The summed E-state index contributed by atoms with van der Waals surface area (Å²) in [5.41, 5.74) is 8.09. The van der Waals surface area contributed by atoms with Gasteiger partial charge < -0.3 is 15.8 Å². The van der Waals surface area contributed by atoms with Gasteiger partial charge in [-0.25, -0.2) is 4.98 Å². The zero-order valence-corrected chi connectivity index (χ0v) is 19.1. The minimum Gasteiger partial charge on any atom is -0.488 e. The molecule has 4 heterocycles. The SMILES string of the molecule is Cc1cc(C(=O)NCc2ccc3c(N)nccc3c2)sc1CN1CC(Oc2ccncc2)C1. The number of anilines is 1. The number of amides is 1. The van der Waals surface area contributed by atoms with Crippen LogP contribution in [0.3, 0.4) is 0 Å². The van der Waals surface area contributed by atoms with Crippen LogP contribution in [0, 0.1) is 6.92 Å². The van der Waals surface area contributed by atoms with Crippen molar-refractivity contribution in [3.63, 3.8) is 0 Å². The molecular weight excluding hydrogens is 434 g/mol. The third kappa shape index (κ3) is 4.81. The predicted molar refractivity (Wildman–Crippen MR) is 130 cm³/mol. The number of hydrogen-bond donors (Lipinski definition) is 2. The molecule has 0 atom stereocenters. The van der Waals surface area contributed by atoms with Crippen molar-refractivity contribution in [2.75, 3.05) is 18.8 Å². The predicted octanol–water partition coefficient (Wildman–Crippen LogP) is 3.78. The van der Waals surface area contributed by atoms with Gasteiger partial charge in [0.05, 0.1) is 4.88 Å². The van der Waals surface area contributed by atoms with Crippen LogP contribution in [0.25, 0.3) is 10.8 Å². The molecule has 3 N–H and O–H groups in total. The number of likely N-dealkylation sites (tertiary alicyclic amines) is 1.